The number of nitrogens with two attached hydrogens (primary N) is 1. The largest absolute Gasteiger partial charge is 0.416 e. The summed E-state index contributed by atoms with van der Waals surface area (Å²) in [6.07, 6.45) is -4.65. The van der Waals surface area contributed by atoms with Gasteiger partial charge in [-0.3, -0.25) is 4.79 Å². The number of hydrogen-bond acceptors (Lipinski definition) is 4. The van der Waals surface area contributed by atoms with Gasteiger partial charge in [-0.2, -0.15) is 13.2 Å². The second kappa shape index (κ2) is 6.98. The van der Waals surface area contributed by atoms with E-state index in [0.29, 0.717) is 36.1 Å². The number of nitrogens with zero attached hydrogens (tertiary/aromatic N) is 2. The molecule has 0 saturated heterocycles. The van der Waals surface area contributed by atoms with Gasteiger partial charge in [0.15, 0.2) is 0 Å². The van der Waals surface area contributed by atoms with Gasteiger partial charge in [-0.1, -0.05) is 6.07 Å². The zero-order valence-electron chi connectivity index (χ0n) is 16.1. The number of nitrogens with one attached hydrogen (secondary N) is 1. The van der Waals surface area contributed by atoms with Gasteiger partial charge >= 0.3 is 6.18 Å². The number of hydrogen-bond donors (Lipinski definition) is 2. The lowest BCUT2D eigenvalue weighted by molar-refractivity contribution is -0.137. The lowest BCUT2D eigenvalue weighted by Crippen LogP contribution is -2.30. The molecular weight excluding hydrogens is 404 g/mol. The third kappa shape index (κ3) is 3.26. The molecule has 1 aromatic carbocycles. The minimum Gasteiger partial charge on any atom is -0.383 e. The average molecular weight is 422 g/mol. The fourth-order valence-electron chi connectivity index (χ4n) is 3.57. The summed E-state index contributed by atoms with van der Waals surface area (Å²) in [5.74, 6) is -1.16. The summed E-state index contributed by atoms with van der Waals surface area (Å²) in [4.78, 5) is 21.5. The maximum Gasteiger partial charge on any atom is 0.416 e. The number of alkyl halides is 3. The van der Waals surface area contributed by atoms with Crippen molar-refractivity contribution in [2.45, 2.75) is 32.4 Å². The van der Waals surface area contributed by atoms with E-state index in [1.807, 2.05) is 0 Å². The summed E-state index contributed by atoms with van der Waals surface area (Å²) < 4.78 is 58.1. The van der Waals surface area contributed by atoms with Crippen LogP contribution in [0.1, 0.15) is 45.7 Å². The number of fused-ring (bicyclic) bond motifs is 3. The summed E-state index contributed by atoms with van der Waals surface area (Å²) in [7, 11) is 1.45. The molecule has 0 spiro atoms. The smallest absolute Gasteiger partial charge is 0.383 e. The first-order chi connectivity index (χ1) is 14.1. The first kappa shape index (κ1) is 20.1. The standard InChI is InChI=1S/C20H18F4N4O2/c1-9(11-4-3-10(5-14(11)21)20(22,23)24)28(2)19(29)16-6-15-17(26-16)12-7-30-8-13(12)18(25)27-15/h3-6,9,26H,7-8H2,1-2H3,(H2,25,27)/t9-/m1/s1. The van der Waals surface area contributed by atoms with E-state index in [1.165, 1.54) is 18.9 Å². The van der Waals surface area contributed by atoms with Crippen LogP contribution in [0.3, 0.4) is 0 Å². The van der Waals surface area contributed by atoms with E-state index in [0.717, 1.165) is 23.3 Å². The van der Waals surface area contributed by atoms with Crippen molar-refractivity contribution in [1.29, 1.82) is 0 Å². The maximum atomic E-state index is 14.3. The molecule has 0 saturated carbocycles. The normalized spacial score (nSPS) is 14.7. The molecule has 0 aliphatic carbocycles. The number of ether oxygens (including phenoxy) is 1. The fourth-order valence-corrected chi connectivity index (χ4v) is 3.57. The molecular formula is C20H18F4N4O2. The molecule has 1 amide bonds. The van der Waals surface area contributed by atoms with Crippen LogP contribution in [-0.4, -0.2) is 27.8 Å². The zero-order valence-corrected chi connectivity index (χ0v) is 16.1. The molecule has 6 nitrogen and oxygen atoms in total. The number of nitrogen functional groups attached to an aromatic ring is 1. The molecule has 3 N–H and O–H groups in total. The molecule has 2 aromatic heterocycles. The van der Waals surface area contributed by atoms with Gasteiger partial charge in [-0.15, -0.1) is 0 Å². The van der Waals surface area contributed by atoms with E-state index in [1.54, 1.807) is 6.07 Å². The summed E-state index contributed by atoms with van der Waals surface area (Å²) in [5.41, 5.74) is 7.80. The van der Waals surface area contributed by atoms with Gasteiger partial charge in [0, 0.05) is 23.7 Å². The highest BCUT2D eigenvalue weighted by Crippen LogP contribution is 2.34. The van der Waals surface area contributed by atoms with Crippen molar-refractivity contribution in [3.05, 3.63) is 58.0 Å². The Hall–Kier alpha value is -3.14. The molecule has 0 radical (unpaired) electrons. The van der Waals surface area contributed by atoms with E-state index >= 15 is 0 Å². The van der Waals surface area contributed by atoms with Crippen LogP contribution in [-0.2, 0) is 24.1 Å². The number of rotatable bonds is 3. The van der Waals surface area contributed by atoms with Gasteiger partial charge in [-0.05, 0) is 25.1 Å². The van der Waals surface area contributed by atoms with Gasteiger partial charge in [0.25, 0.3) is 5.91 Å². The number of H-pyrrole nitrogens is 1. The van der Waals surface area contributed by atoms with Crippen molar-refractivity contribution >= 4 is 22.8 Å². The van der Waals surface area contributed by atoms with E-state index in [-0.39, 0.29) is 11.3 Å². The van der Waals surface area contributed by atoms with Crippen molar-refractivity contribution in [2.24, 2.45) is 0 Å². The van der Waals surface area contributed by atoms with Crippen LogP contribution in [0.15, 0.2) is 24.3 Å². The van der Waals surface area contributed by atoms with Gasteiger partial charge < -0.3 is 20.4 Å². The zero-order chi connectivity index (χ0) is 21.8. The Balaban J connectivity index is 1.64. The number of amides is 1. The lowest BCUT2D eigenvalue weighted by atomic mass is 10.0. The molecule has 4 rings (SSSR count). The minimum atomic E-state index is -4.65. The van der Waals surface area contributed by atoms with Gasteiger partial charge in [0.05, 0.1) is 35.9 Å². The number of halogens is 4. The van der Waals surface area contributed by atoms with E-state index < -0.39 is 29.5 Å². The average Bonchev–Trinajstić information content (AvgIpc) is 3.32. The van der Waals surface area contributed by atoms with Crippen molar-refractivity contribution in [3.63, 3.8) is 0 Å². The van der Waals surface area contributed by atoms with E-state index in [4.69, 9.17) is 10.5 Å². The molecule has 158 valence electrons. The molecule has 0 bridgehead atoms. The van der Waals surface area contributed by atoms with Crippen LogP contribution in [0.4, 0.5) is 23.4 Å². The van der Waals surface area contributed by atoms with Gasteiger partial charge in [0.2, 0.25) is 0 Å². The summed E-state index contributed by atoms with van der Waals surface area (Å²) in [5, 5.41) is 0. The molecule has 10 heteroatoms. The molecule has 3 aromatic rings. The van der Waals surface area contributed by atoms with Crippen LogP contribution in [0.25, 0.3) is 11.0 Å². The maximum absolute atomic E-state index is 14.3. The number of carbonyl (C=O) groups excluding carboxylic acids is 1. The highest BCUT2D eigenvalue weighted by molar-refractivity contribution is 5.98. The molecule has 0 unspecified atom stereocenters. The van der Waals surface area contributed by atoms with E-state index in [2.05, 4.69) is 9.97 Å². The van der Waals surface area contributed by atoms with Gasteiger partial charge in [-0.25, -0.2) is 9.37 Å². The molecule has 1 atom stereocenters. The van der Waals surface area contributed by atoms with Crippen LogP contribution in [0.5, 0.6) is 0 Å². The Morgan fingerprint density at radius 1 is 1.27 bits per heavy atom. The fraction of sp³-hybridized carbons (Fsp3) is 0.300. The summed E-state index contributed by atoms with van der Waals surface area (Å²) in [6.45, 7) is 2.22. The molecule has 0 fully saturated rings. The second-order valence-electron chi connectivity index (χ2n) is 7.22. The topological polar surface area (TPSA) is 84.2 Å². The quantitative estimate of drug-likeness (QED) is 0.621. The van der Waals surface area contributed by atoms with Gasteiger partial charge in [0.1, 0.15) is 17.3 Å². The Bertz CT molecular complexity index is 1160. The predicted molar refractivity (Wildman–Crippen MR) is 101 cm³/mol. The number of carbonyl (C=O) groups is 1. The summed E-state index contributed by atoms with van der Waals surface area (Å²) in [6, 6.07) is 3.01. The van der Waals surface area contributed by atoms with Crippen LogP contribution in [0.2, 0.25) is 0 Å². The highest BCUT2D eigenvalue weighted by atomic mass is 19.4. The second-order valence-corrected chi connectivity index (χ2v) is 7.22. The number of aromatic nitrogens is 2. The number of pyridine rings is 1. The first-order valence-electron chi connectivity index (χ1n) is 9.09. The Labute approximate surface area is 168 Å². The molecule has 1 aliphatic heterocycles. The monoisotopic (exact) mass is 422 g/mol. The number of benzene rings is 1. The third-order valence-electron chi connectivity index (χ3n) is 5.42. The molecule has 30 heavy (non-hydrogen) atoms. The van der Waals surface area contributed by atoms with Crippen LogP contribution >= 0.6 is 0 Å². The lowest BCUT2D eigenvalue weighted by Gasteiger charge is -2.25. The molecule has 3 heterocycles. The minimum absolute atomic E-state index is 0.0216. The third-order valence-corrected chi connectivity index (χ3v) is 5.42. The number of aromatic amines is 1. The van der Waals surface area contributed by atoms with Crippen molar-refractivity contribution in [3.8, 4) is 0 Å². The SMILES string of the molecule is C[C@H](c1ccc(C(F)(F)F)cc1F)N(C)C(=O)c1cc2nc(N)c3c(c2[nH]1)COC3. The van der Waals surface area contributed by atoms with Crippen LogP contribution < -0.4 is 5.73 Å². The summed E-state index contributed by atoms with van der Waals surface area (Å²) >= 11 is 0. The van der Waals surface area contributed by atoms with E-state index in [9.17, 15) is 22.4 Å². The van der Waals surface area contributed by atoms with Crippen LogP contribution in [0, 0.1) is 5.82 Å². The highest BCUT2D eigenvalue weighted by Gasteiger charge is 2.32. The Kier molecular flexibility index (Phi) is 4.69. The van der Waals surface area contributed by atoms with Crippen molar-refractivity contribution < 1.29 is 27.1 Å². The Morgan fingerprint density at radius 2 is 1.97 bits per heavy atom. The van der Waals surface area contributed by atoms with Crippen molar-refractivity contribution in [1.82, 2.24) is 14.9 Å². The Morgan fingerprint density at radius 3 is 2.63 bits per heavy atom. The number of anilines is 1. The molecule has 1 aliphatic rings. The first-order valence-corrected chi connectivity index (χ1v) is 9.09. The predicted octanol–water partition coefficient (Wildman–Crippen LogP) is 4.17. The van der Waals surface area contributed by atoms with Crippen molar-refractivity contribution in [2.75, 3.05) is 12.8 Å².